The molecule has 24 heavy (non-hydrogen) atoms. The largest absolute Gasteiger partial charge is 0.480 e. The summed E-state index contributed by atoms with van der Waals surface area (Å²) in [5, 5.41) is 12.2. The van der Waals surface area contributed by atoms with Gasteiger partial charge in [0.1, 0.15) is 6.04 Å². The molecular formula is C20H29NO3. The summed E-state index contributed by atoms with van der Waals surface area (Å²) in [6.07, 6.45) is 4.10. The lowest BCUT2D eigenvalue weighted by atomic mass is 9.69. The summed E-state index contributed by atoms with van der Waals surface area (Å²) in [7, 11) is 0. The normalized spacial score (nSPS) is 22.6. The predicted octanol–water partition coefficient (Wildman–Crippen LogP) is 3.65. The molecule has 1 saturated carbocycles. The maximum atomic E-state index is 12.5. The van der Waals surface area contributed by atoms with E-state index in [1.165, 1.54) is 0 Å². The third kappa shape index (κ3) is 5.08. The van der Waals surface area contributed by atoms with Crippen LogP contribution >= 0.6 is 0 Å². The van der Waals surface area contributed by atoms with Gasteiger partial charge >= 0.3 is 5.97 Å². The molecule has 1 fully saturated rings. The summed E-state index contributed by atoms with van der Waals surface area (Å²) in [4.78, 5) is 24.0. The first-order valence-corrected chi connectivity index (χ1v) is 8.84. The lowest BCUT2D eigenvalue weighted by molar-refractivity contribution is -0.142. The Balaban J connectivity index is 1.91. The predicted molar refractivity (Wildman–Crippen MR) is 94.6 cm³/mol. The second-order valence-corrected chi connectivity index (χ2v) is 8.00. The maximum Gasteiger partial charge on any atom is 0.326 e. The number of carboxylic acids is 1. The summed E-state index contributed by atoms with van der Waals surface area (Å²) < 4.78 is 0. The fourth-order valence-electron chi connectivity index (χ4n) is 3.56. The molecule has 0 aromatic heterocycles. The van der Waals surface area contributed by atoms with Gasteiger partial charge in [-0.05, 0) is 42.6 Å². The molecular weight excluding hydrogens is 302 g/mol. The molecule has 4 nitrogen and oxygen atoms in total. The number of rotatable bonds is 5. The van der Waals surface area contributed by atoms with Gasteiger partial charge in [-0.25, -0.2) is 4.79 Å². The number of nitrogens with one attached hydrogen (secondary N) is 1. The standard InChI is InChI=1S/C20H29NO3/c1-20(2,3)16-11-9-15(10-12-16)18(22)21-17(19(23)24)13-14-7-5-4-6-8-14/h4-8,15-17H,9-13H2,1-3H3,(H,21,22)(H,23,24)/t15?,16?,17-/m1/s1. The minimum Gasteiger partial charge on any atom is -0.480 e. The van der Waals surface area contributed by atoms with Crippen LogP contribution in [0.4, 0.5) is 0 Å². The van der Waals surface area contributed by atoms with E-state index in [9.17, 15) is 14.7 Å². The third-order valence-corrected chi connectivity index (χ3v) is 5.22. The first-order chi connectivity index (χ1) is 11.3. The minimum atomic E-state index is -0.976. The van der Waals surface area contributed by atoms with Gasteiger partial charge < -0.3 is 10.4 Å². The number of benzene rings is 1. The van der Waals surface area contributed by atoms with E-state index in [1.54, 1.807) is 0 Å². The van der Waals surface area contributed by atoms with Gasteiger partial charge in [0.15, 0.2) is 0 Å². The SMILES string of the molecule is CC(C)(C)C1CCC(C(=O)N[C@H](Cc2ccccc2)C(=O)O)CC1. The molecule has 0 aliphatic heterocycles. The van der Waals surface area contributed by atoms with Gasteiger partial charge in [-0.3, -0.25) is 4.79 Å². The van der Waals surface area contributed by atoms with Crippen LogP contribution in [0.5, 0.6) is 0 Å². The lowest BCUT2D eigenvalue weighted by Crippen LogP contribution is -2.45. The number of carboxylic acid groups (broad SMARTS) is 1. The number of hydrogen-bond acceptors (Lipinski definition) is 2. The molecule has 0 saturated heterocycles. The van der Waals surface area contributed by atoms with E-state index in [1.807, 2.05) is 30.3 Å². The van der Waals surface area contributed by atoms with Crippen LogP contribution < -0.4 is 5.32 Å². The molecule has 1 amide bonds. The fraction of sp³-hybridized carbons (Fsp3) is 0.600. The Morgan fingerprint density at radius 1 is 1.12 bits per heavy atom. The maximum absolute atomic E-state index is 12.5. The van der Waals surface area contributed by atoms with Crippen LogP contribution in [0, 0.1) is 17.3 Å². The summed E-state index contributed by atoms with van der Waals surface area (Å²) in [6.45, 7) is 6.75. The van der Waals surface area contributed by atoms with E-state index in [4.69, 9.17) is 0 Å². The van der Waals surface area contributed by atoms with Crippen molar-refractivity contribution >= 4 is 11.9 Å². The van der Waals surface area contributed by atoms with Crippen molar-refractivity contribution in [2.24, 2.45) is 17.3 Å². The van der Waals surface area contributed by atoms with E-state index in [0.717, 1.165) is 31.2 Å². The first-order valence-electron chi connectivity index (χ1n) is 8.84. The number of carbonyl (C=O) groups excluding carboxylic acids is 1. The zero-order chi connectivity index (χ0) is 17.7. The average molecular weight is 331 g/mol. The second kappa shape index (κ2) is 7.82. The fourth-order valence-corrected chi connectivity index (χ4v) is 3.56. The molecule has 4 heteroatoms. The highest BCUT2D eigenvalue weighted by Crippen LogP contribution is 2.39. The average Bonchev–Trinajstić information content (AvgIpc) is 2.54. The smallest absolute Gasteiger partial charge is 0.326 e. The van der Waals surface area contributed by atoms with Gasteiger partial charge in [-0.15, -0.1) is 0 Å². The summed E-state index contributed by atoms with van der Waals surface area (Å²) in [5.74, 6) is -0.497. The van der Waals surface area contributed by atoms with E-state index >= 15 is 0 Å². The molecule has 1 aromatic rings. The highest BCUT2D eigenvalue weighted by Gasteiger charge is 2.33. The molecule has 1 aromatic carbocycles. The second-order valence-electron chi connectivity index (χ2n) is 8.00. The van der Waals surface area contributed by atoms with Crippen molar-refractivity contribution < 1.29 is 14.7 Å². The Bertz CT molecular complexity index is 554. The van der Waals surface area contributed by atoms with Crippen molar-refractivity contribution in [2.45, 2.75) is 58.9 Å². The van der Waals surface area contributed by atoms with Gasteiger partial charge in [-0.2, -0.15) is 0 Å². The first kappa shape index (κ1) is 18.5. The lowest BCUT2D eigenvalue weighted by Gasteiger charge is -2.36. The molecule has 2 N–H and O–H groups in total. The zero-order valence-electron chi connectivity index (χ0n) is 14.9. The molecule has 0 heterocycles. The van der Waals surface area contributed by atoms with E-state index in [0.29, 0.717) is 12.3 Å². The van der Waals surface area contributed by atoms with Crippen LogP contribution in [-0.4, -0.2) is 23.0 Å². The number of hydrogen-bond donors (Lipinski definition) is 2. The summed E-state index contributed by atoms with van der Waals surface area (Å²) in [5.41, 5.74) is 1.19. The van der Waals surface area contributed by atoms with Crippen molar-refractivity contribution in [3.63, 3.8) is 0 Å². The minimum absolute atomic E-state index is 0.0544. The van der Waals surface area contributed by atoms with Crippen molar-refractivity contribution in [2.75, 3.05) is 0 Å². The number of carbonyl (C=O) groups is 2. The zero-order valence-corrected chi connectivity index (χ0v) is 14.9. The van der Waals surface area contributed by atoms with Crippen LogP contribution in [0.1, 0.15) is 52.0 Å². The van der Waals surface area contributed by atoms with E-state index < -0.39 is 12.0 Å². The van der Waals surface area contributed by atoms with Crippen LogP contribution in [0.15, 0.2) is 30.3 Å². The van der Waals surface area contributed by atoms with E-state index in [2.05, 4.69) is 26.1 Å². The van der Waals surface area contributed by atoms with Crippen molar-refractivity contribution in [3.8, 4) is 0 Å². The molecule has 132 valence electrons. The summed E-state index contributed by atoms with van der Waals surface area (Å²) in [6, 6.07) is 8.56. The van der Waals surface area contributed by atoms with Crippen LogP contribution in [0.2, 0.25) is 0 Å². The van der Waals surface area contributed by atoms with Gasteiger partial charge in [-0.1, -0.05) is 51.1 Å². The molecule has 0 bridgehead atoms. The Labute approximate surface area is 144 Å². The van der Waals surface area contributed by atoms with Gasteiger partial charge in [0.2, 0.25) is 5.91 Å². The molecule has 1 aliphatic carbocycles. The Hall–Kier alpha value is -1.84. The van der Waals surface area contributed by atoms with Gasteiger partial charge in [0.25, 0.3) is 0 Å². The quantitative estimate of drug-likeness (QED) is 0.865. The Morgan fingerprint density at radius 3 is 2.21 bits per heavy atom. The topological polar surface area (TPSA) is 66.4 Å². The van der Waals surface area contributed by atoms with Gasteiger partial charge in [0, 0.05) is 12.3 Å². The van der Waals surface area contributed by atoms with Gasteiger partial charge in [0.05, 0.1) is 0 Å². The van der Waals surface area contributed by atoms with Crippen LogP contribution in [0.3, 0.4) is 0 Å². The molecule has 2 rings (SSSR count). The number of amides is 1. The Kier molecular flexibility index (Phi) is 6.03. The number of aliphatic carboxylic acids is 1. The van der Waals surface area contributed by atoms with Crippen molar-refractivity contribution in [1.29, 1.82) is 0 Å². The van der Waals surface area contributed by atoms with Crippen LogP contribution in [-0.2, 0) is 16.0 Å². The molecule has 0 radical (unpaired) electrons. The molecule has 1 atom stereocenters. The molecule has 0 unspecified atom stereocenters. The highest BCUT2D eigenvalue weighted by molar-refractivity contribution is 5.85. The monoisotopic (exact) mass is 331 g/mol. The van der Waals surface area contributed by atoms with Crippen molar-refractivity contribution in [3.05, 3.63) is 35.9 Å². The van der Waals surface area contributed by atoms with E-state index in [-0.39, 0.29) is 17.2 Å². The van der Waals surface area contributed by atoms with Crippen molar-refractivity contribution in [1.82, 2.24) is 5.32 Å². The Morgan fingerprint density at radius 2 is 1.71 bits per heavy atom. The third-order valence-electron chi connectivity index (χ3n) is 5.22. The summed E-state index contributed by atoms with van der Waals surface area (Å²) >= 11 is 0. The molecule has 1 aliphatic rings. The molecule has 0 spiro atoms. The van der Waals surface area contributed by atoms with Crippen LogP contribution in [0.25, 0.3) is 0 Å². The highest BCUT2D eigenvalue weighted by atomic mass is 16.4.